The van der Waals surface area contributed by atoms with Crippen molar-refractivity contribution >= 4 is 0 Å². The lowest BCUT2D eigenvalue weighted by molar-refractivity contribution is 0.285. The van der Waals surface area contributed by atoms with Crippen molar-refractivity contribution in [2.45, 2.75) is 46.6 Å². The van der Waals surface area contributed by atoms with Crippen molar-refractivity contribution in [1.29, 1.82) is 0 Å². The minimum Gasteiger partial charge on any atom is -0.323 e. The van der Waals surface area contributed by atoms with Crippen LogP contribution in [0.1, 0.15) is 52.3 Å². The van der Waals surface area contributed by atoms with Crippen LogP contribution in [0.25, 0.3) is 0 Å². The van der Waals surface area contributed by atoms with E-state index < -0.39 is 0 Å². The third kappa shape index (κ3) is 4.71. The van der Waals surface area contributed by atoms with E-state index in [1.165, 1.54) is 6.42 Å². The fourth-order valence-electron chi connectivity index (χ4n) is 2.19. The summed E-state index contributed by atoms with van der Waals surface area (Å²) < 4.78 is 0. The van der Waals surface area contributed by atoms with Gasteiger partial charge in [-0.25, -0.2) is 0 Å². The Bertz CT molecular complexity index is 303. The van der Waals surface area contributed by atoms with E-state index in [1.54, 1.807) is 18.6 Å². The number of rotatable bonds is 4. The SMILES string of the molecule is CC(CC(N)c1cnccn1)CC(C)(C)C. The molecule has 1 aromatic heterocycles. The molecule has 90 valence electrons. The Balaban J connectivity index is 2.49. The zero-order valence-electron chi connectivity index (χ0n) is 10.8. The van der Waals surface area contributed by atoms with E-state index in [0.29, 0.717) is 11.3 Å². The van der Waals surface area contributed by atoms with Crippen LogP contribution in [-0.4, -0.2) is 9.97 Å². The Morgan fingerprint density at radius 2 is 2.00 bits per heavy atom. The Morgan fingerprint density at radius 1 is 1.31 bits per heavy atom. The molecule has 0 aromatic carbocycles. The van der Waals surface area contributed by atoms with Gasteiger partial charge >= 0.3 is 0 Å². The smallest absolute Gasteiger partial charge is 0.0753 e. The summed E-state index contributed by atoms with van der Waals surface area (Å²) in [6.45, 7) is 9.04. The van der Waals surface area contributed by atoms with E-state index in [2.05, 4.69) is 37.7 Å². The normalized spacial score (nSPS) is 15.8. The van der Waals surface area contributed by atoms with Gasteiger partial charge in [-0.15, -0.1) is 0 Å². The van der Waals surface area contributed by atoms with Gasteiger partial charge in [0.2, 0.25) is 0 Å². The van der Waals surface area contributed by atoms with E-state index in [1.807, 2.05) is 0 Å². The molecule has 0 saturated carbocycles. The molecular weight excluding hydrogens is 198 g/mol. The van der Waals surface area contributed by atoms with E-state index >= 15 is 0 Å². The summed E-state index contributed by atoms with van der Waals surface area (Å²) >= 11 is 0. The van der Waals surface area contributed by atoms with Gasteiger partial charge in [0.1, 0.15) is 0 Å². The highest BCUT2D eigenvalue weighted by Crippen LogP contribution is 2.28. The monoisotopic (exact) mass is 221 g/mol. The highest BCUT2D eigenvalue weighted by molar-refractivity contribution is 5.01. The van der Waals surface area contributed by atoms with Gasteiger partial charge in [0.15, 0.2) is 0 Å². The van der Waals surface area contributed by atoms with Crippen LogP contribution in [0.15, 0.2) is 18.6 Å². The molecule has 2 atom stereocenters. The summed E-state index contributed by atoms with van der Waals surface area (Å²) in [7, 11) is 0. The van der Waals surface area contributed by atoms with Gasteiger partial charge in [-0.05, 0) is 24.2 Å². The van der Waals surface area contributed by atoms with Gasteiger partial charge in [-0.3, -0.25) is 9.97 Å². The molecule has 2 unspecified atom stereocenters. The van der Waals surface area contributed by atoms with Crippen LogP contribution in [0.3, 0.4) is 0 Å². The predicted octanol–water partition coefficient (Wildman–Crippen LogP) is 2.94. The van der Waals surface area contributed by atoms with Gasteiger partial charge in [-0.1, -0.05) is 27.7 Å². The average Bonchev–Trinajstić information content (AvgIpc) is 2.16. The summed E-state index contributed by atoms with van der Waals surface area (Å²) in [4.78, 5) is 8.29. The quantitative estimate of drug-likeness (QED) is 0.850. The number of nitrogens with two attached hydrogens (primary N) is 1. The van der Waals surface area contributed by atoms with E-state index in [9.17, 15) is 0 Å². The molecule has 0 spiro atoms. The van der Waals surface area contributed by atoms with Crippen LogP contribution >= 0.6 is 0 Å². The Morgan fingerprint density at radius 3 is 2.50 bits per heavy atom. The van der Waals surface area contributed by atoms with Crippen LogP contribution < -0.4 is 5.73 Å². The van der Waals surface area contributed by atoms with Gasteiger partial charge in [-0.2, -0.15) is 0 Å². The van der Waals surface area contributed by atoms with Crippen LogP contribution in [-0.2, 0) is 0 Å². The second-order valence-corrected chi connectivity index (χ2v) is 5.84. The lowest BCUT2D eigenvalue weighted by atomic mass is 9.83. The molecule has 1 aromatic rings. The lowest BCUT2D eigenvalue weighted by Crippen LogP contribution is -2.19. The number of hydrogen-bond acceptors (Lipinski definition) is 3. The summed E-state index contributed by atoms with van der Waals surface area (Å²) in [5, 5.41) is 0. The molecule has 0 saturated heterocycles. The molecule has 0 radical (unpaired) electrons. The topological polar surface area (TPSA) is 51.8 Å². The molecule has 0 fully saturated rings. The fourth-order valence-corrected chi connectivity index (χ4v) is 2.19. The minimum absolute atomic E-state index is 0.00560. The molecule has 3 heteroatoms. The van der Waals surface area contributed by atoms with Crippen molar-refractivity contribution in [3.63, 3.8) is 0 Å². The van der Waals surface area contributed by atoms with Crippen molar-refractivity contribution in [2.24, 2.45) is 17.1 Å². The van der Waals surface area contributed by atoms with Crippen molar-refractivity contribution in [2.75, 3.05) is 0 Å². The highest BCUT2D eigenvalue weighted by atomic mass is 14.8. The van der Waals surface area contributed by atoms with Crippen LogP contribution in [0, 0.1) is 11.3 Å². The highest BCUT2D eigenvalue weighted by Gasteiger charge is 2.18. The van der Waals surface area contributed by atoms with Gasteiger partial charge in [0.05, 0.1) is 5.69 Å². The summed E-state index contributed by atoms with van der Waals surface area (Å²) in [6.07, 6.45) is 7.28. The molecule has 3 nitrogen and oxygen atoms in total. The van der Waals surface area contributed by atoms with Crippen molar-refractivity contribution < 1.29 is 0 Å². The first-order valence-corrected chi connectivity index (χ1v) is 5.90. The Hall–Kier alpha value is -0.960. The van der Waals surface area contributed by atoms with Crippen molar-refractivity contribution in [3.05, 3.63) is 24.3 Å². The van der Waals surface area contributed by atoms with Crippen molar-refractivity contribution in [3.8, 4) is 0 Å². The first-order valence-electron chi connectivity index (χ1n) is 5.90. The maximum absolute atomic E-state index is 6.11. The third-order valence-corrected chi connectivity index (χ3v) is 2.58. The predicted molar refractivity (Wildman–Crippen MR) is 66.8 cm³/mol. The summed E-state index contributed by atoms with van der Waals surface area (Å²) in [5.74, 6) is 0.608. The Kier molecular flexibility index (Phi) is 4.42. The van der Waals surface area contributed by atoms with E-state index in [0.717, 1.165) is 12.1 Å². The molecule has 0 bridgehead atoms. The summed E-state index contributed by atoms with van der Waals surface area (Å²) in [5.41, 5.74) is 7.37. The van der Waals surface area contributed by atoms with Crippen LogP contribution in [0.2, 0.25) is 0 Å². The summed E-state index contributed by atoms with van der Waals surface area (Å²) in [6, 6.07) is 0.00560. The molecule has 16 heavy (non-hydrogen) atoms. The number of hydrogen-bond donors (Lipinski definition) is 1. The standard InChI is InChI=1S/C13H23N3/c1-10(8-13(2,3)4)7-11(14)12-9-15-5-6-16-12/h5-6,9-11H,7-8,14H2,1-4H3. The van der Waals surface area contributed by atoms with Gasteiger partial charge < -0.3 is 5.73 Å². The van der Waals surface area contributed by atoms with Gasteiger partial charge in [0.25, 0.3) is 0 Å². The van der Waals surface area contributed by atoms with E-state index in [4.69, 9.17) is 5.73 Å². The second-order valence-electron chi connectivity index (χ2n) is 5.84. The van der Waals surface area contributed by atoms with Crippen LogP contribution in [0.5, 0.6) is 0 Å². The van der Waals surface area contributed by atoms with E-state index in [-0.39, 0.29) is 6.04 Å². The molecular formula is C13H23N3. The number of nitrogens with zero attached hydrogens (tertiary/aromatic N) is 2. The zero-order chi connectivity index (χ0) is 12.2. The maximum atomic E-state index is 6.11. The average molecular weight is 221 g/mol. The first-order chi connectivity index (χ1) is 7.38. The number of aromatic nitrogens is 2. The molecule has 2 N–H and O–H groups in total. The largest absolute Gasteiger partial charge is 0.323 e. The molecule has 0 amide bonds. The maximum Gasteiger partial charge on any atom is 0.0753 e. The lowest BCUT2D eigenvalue weighted by Gasteiger charge is -2.25. The molecule has 0 aliphatic rings. The second kappa shape index (κ2) is 5.39. The third-order valence-electron chi connectivity index (χ3n) is 2.58. The molecule has 0 aliphatic carbocycles. The van der Waals surface area contributed by atoms with Crippen LogP contribution in [0.4, 0.5) is 0 Å². The van der Waals surface area contributed by atoms with Gasteiger partial charge in [0, 0.05) is 24.6 Å². The Labute approximate surface area is 98.5 Å². The molecule has 0 aliphatic heterocycles. The first kappa shape index (κ1) is 13.1. The minimum atomic E-state index is 0.00560. The van der Waals surface area contributed by atoms with Crippen molar-refractivity contribution in [1.82, 2.24) is 9.97 Å². The molecule has 1 heterocycles. The zero-order valence-corrected chi connectivity index (χ0v) is 10.8. The fraction of sp³-hybridized carbons (Fsp3) is 0.692. The molecule has 1 rings (SSSR count).